The fourth-order valence-corrected chi connectivity index (χ4v) is 4.62. The van der Waals surface area contributed by atoms with Gasteiger partial charge in [-0.15, -0.1) is 11.3 Å². The molecule has 3 rings (SSSR count). The second-order valence-corrected chi connectivity index (χ2v) is 7.30. The number of hydrogen-bond donors (Lipinski definition) is 1. The Morgan fingerprint density at radius 1 is 1.38 bits per heavy atom. The van der Waals surface area contributed by atoms with Crippen LogP contribution in [0.25, 0.3) is 10.1 Å². The Morgan fingerprint density at radius 3 is 2.88 bits per heavy atom. The minimum absolute atomic E-state index is 0.0446. The molecule has 1 amide bonds. The molecule has 1 saturated heterocycles. The van der Waals surface area contributed by atoms with Crippen LogP contribution in [0.1, 0.15) is 47.3 Å². The molecular weight excluding hydrogens is 329 g/mol. The standard InChI is InChI=1S/C18H20FNO3S/c1-11-16-13(19)6-4-7-14(16)24-17(11)18(23)20-10-3-2-5-12(20)8-9-15(21)22/h4,6-7,12H,2-3,5,8-10H2,1H3,(H,21,22). The number of nitrogens with zero attached hydrogens (tertiary/aromatic N) is 1. The van der Waals surface area contributed by atoms with Crippen LogP contribution < -0.4 is 0 Å². The summed E-state index contributed by atoms with van der Waals surface area (Å²) in [5.74, 6) is -1.24. The van der Waals surface area contributed by atoms with Gasteiger partial charge in [-0.2, -0.15) is 0 Å². The average Bonchev–Trinajstić information content (AvgIpc) is 2.91. The van der Waals surface area contributed by atoms with E-state index in [1.165, 1.54) is 17.4 Å². The predicted octanol–water partition coefficient (Wildman–Crippen LogP) is 4.21. The number of amides is 1. The summed E-state index contributed by atoms with van der Waals surface area (Å²) in [6, 6.07) is 4.84. The molecule has 0 spiro atoms. The van der Waals surface area contributed by atoms with Crippen molar-refractivity contribution >= 4 is 33.3 Å². The number of halogens is 1. The van der Waals surface area contributed by atoms with Crippen molar-refractivity contribution in [2.75, 3.05) is 6.54 Å². The molecule has 128 valence electrons. The van der Waals surface area contributed by atoms with Crippen molar-refractivity contribution in [2.45, 2.75) is 45.1 Å². The Balaban J connectivity index is 1.90. The van der Waals surface area contributed by atoms with Crippen molar-refractivity contribution in [3.05, 3.63) is 34.5 Å². The van der Waals surface area contributed by atoms with Crippen molar-refractivity contribution < 1.29 is 19.1 Å². The molecule has 0 aliphatic carbocycles. The van der Waals surface area contributed by atoms with Crippen LogP contribution in [-0.4, -0.2) is 34.5 Å². The summed E-state index contributed by atoms with van der Waals surface area (Å²) in [5.41, 5.74) is 0.681. The van der Waals surface area contributed by atoms with Gasteiger partial charge in [0.2, 0.25) is 0 Å². The summed E-state index contributed by atoms with van der Waals surface area (Å²) in [6.45, 7) is 2.42. The lowest BCUT2D eigenvalue weighted by molar-refractivity contribution is -0.137. The van der Waals surface area contributed by atoms with Gasteiger partial charge < -0.3 is 10.0 Å². The van der Waals surface area contributed by atoms with E-state index < -0.39 is 5.97 Å². The van der Waals surface area contributed by atoms with E-state index in [1.54, 1.807) is 17.9 Å². The SMILES string of the molecule is Cc1c(C(=O)N2CCCCC2CCC(=O)O)sc2cccc(F)c12. The molecule has 0 radical (unpaired) electrons. The van der Waals surface area contributed by atoms with Crippen LogP contribution in [0, 0.1) is 12.7 Å². The first-order valence-corrected chi connectivity index (χ1v) is 9.01. The Kier molecular flexibility index (Phi) is 4.85. The van der Waals surface area contributed by atoms with Crippen LogP contribution in [0.4, 0.5) is 4.39 Å². The molecule has 4 nitrogen and oxygen atoms in total. The Labute approximate surface area is 143 Å². The number of rotatable bonds is 4. The zero-order valence-corrected chi connectivity index (χ0v) is 14.4. The molecule has 0 saturated carbocycles. The highest BCUT2D eigenvalue weighted by molar-refractivity contribution is 7.21. The zero-order chi connectivity index (χ0) is 17.3. The van der Waals surface area contributed by atoms with Gasteiger partial charge >= 0.3 is 5.97 Å². The molecule has 6 heteroatoms. The number of carboxylic acids is 1. The van der Waals surface area contributed by atoms with Crippen LogP contribution >= 0.6 is 11.3 Å². The average molecular weight is 349 g/mol. The van der Waals surface area contributed by atoms with E-state index in [2.05, 4.69) is 0 Å². The fraction of sp³-hybridized carbons (Fsp3) is 0.444. The quantitative estimate of drug-likeness (QED) is 0.899. The summed E-state index contributed by atoms with van der Waals surface area (Å²) < 4.78 is 14.8. The number of thiophene rings is 1. The lowest BCUT2D eigenvalue weighted by atomic mass is 9.97. The molecular formula is C18H20FNO3S. The van der Waals surface area contributed by atoms with E-state index >= 15 is 0 Å². The highest BCUT2D eigenvalue weighted by Gasteiger charge is 2.30. The maximum atomic E-state index is 14.1. The van der Waals surface area contributed by atoms with Crippen LogP contribution in [0.15, 0.2) is 18.2 Å². The van der Waals surface area contributed by atoms with E-state index in [4.69, 9.17) is 5.11 Å². The van der Waals surface area contributed by atoms with E-state index in [9.17, 15) is 14.0 Å². The number of likely N-dealkylation sites (tertiary alicyclic amines) is 1. The normalized spacial score (nSPS) is 18.1. The summed E-state index contributed by atoms with van der Waals surface area (Å²) in [7, 11) is 0. The fourth-order valence-electron chi connectivity index (χ4n) is 3.45. The van der Waals surface area contributed by atoms with Crippen molar-refractivity contribution in [2.24, 2.45) is 0 Å². The van der Waals surface area contributed by atoms with Gasteiger partial charge in [-0.05, 0) is 50.3 Å². The topological polar surface area (TPSA) is 57.6 Å². The highest BCUT2D eigenvalue weighted by atomic mass is 32.1. The van der Waals surface area contributed by atoms with Gasteiger partial charge in [-0.1, -0.05) is 6.07 Å². The van der Waals surface area contributed by atoms with Gasteiger partial charge in [0.1, 0.15) is 5.82 Å². The Morgan fingerprint density at radius 2 is 2.17 bits per heavy atom. The number of carbonyl (C=O) groups is 2. The first kappa shape index (κ1) is 16.9. The minimum atomic E-state index is -0.840. The highest BCUT2D eigenvalue weighted by Crippen LogP contribution is 2.34. The largest absolute Gasteiger partial charge is 0.481 e. The second-order valence-electron chi connectivity index (χ2n) is 6.25. The van der Waals surface area contributed by atoms with Gasteiger partial charge in [-0.25, -0.2) is 4.39 Å². The third-order valence-corrected chi connectivity index (χ3v) is 5.92. The van der Waals surface area contributed by atoms with Gasteiger partial charge in [0, 0.05) is 29.1 Å². The molecule has 2 heterocycles. The summed E-state index contributed by atoms with van der Waals surface area (Å²) in [6.07, 6.45) is 3.30. The van der Waals surface area contributed by atoms with Crippen molar-refractivity contribution in [1.29, 1.82) is 0 Å². The van der Waals surface area contributed by atoms with Crippen LogP contribution in [0.5, 0.6) is 0 Å². The lowest BCUT2D eigenvalue weighted by Crippen LogP contribution is -2.43. The Hall–Kier alpha value is -1.95. The van der Waals surface area contributed by atoms with Gasteiger partial charge in [0.05, 0.1) is 4.88 Å². The molecule has 1 N–H and O–H groups in total. The van der Waals surface area contributed by atoms with Gasteiger partial charge in [0.25, 0.3) is 5.91 Å². The van der Waals surface area contributed by atoms with Crippen LogP contribution in [-0.2, 0) is 4.79 Å². The first-order valence-electron chi connectivity index (χ1n) is 8.19. The van der Waals surface area contributed by atoms with Crippen molar-refractivity contribution in [3.63, 3.8) is 0 Å². The maximum absolute atomic E-state index is 14.1. The van der Waals surface area contributed by atoms with E-state index in [1.807, 2.05) is 6.07 Å². The number of aryl methyl sites for hydroxylation is 1. The third-order valence-electron chi connectivity index (χ3n) is 4.68. The molecule has 1 fully saturated rings. The number of carboxylic acid groups (broad SMARTS) is 1. The lowest BCUT2D eigenvalue weighted by Gasteiger charge is -2.35. The van der Waals surface area contributed by atoms with Crippen LogP contribution in [0.2, 0.25) is 0 Å². The minimum Gasteiger partial charge on any atom is -0.481 e. The van der Waals surface area contributed by atoms with Crippen molar-refractivity contribution in [1.82, 2.24) is 4.90 Å². The molecule has 24 heavy (non-hydrogen) atoms. The Bertz CT molecular complexity index is 786. The number of benzene rings is 1. The van der Waals surface area contributed by atoms with E-state index in [0.29, 0.717) is 28.8 Å². The third kappa shape index (κ3) is 3.15. The van der Waals surface area contributed by atoms with Gasteiger partial charge in [0.15, 0.2) is 0 Å². The number of piperidine rings is 1. The maximum Gasteiger partial charge on any atom is 0.303 e. The molecule has 1 aliphatic heterocycles. The van der Waals surface area contributed by atoms with E-state index in [0.717, 1.165) is 24.0 Å². The molecule has 1 aliphatic rings. The summed E-state index contributed by atoms with van der Waals surface area (Å²) in [5, 5.41) is 9.43. The molecule has 1 aromatic heterocycles. The molecule has 0 bridgehead atoms. The van der Waals surface area contributed by atoms with E-state index in [-0.39, 0.29) is 24.2 Å². The number of fused-ring (bicyclic) bond motifs is 1. The molecule has 1 atom stereocenters. The monoisotopic (exact) mass is 349 g/mol. The summed E-state index contributed by atoms with van der Waals surface area (Å²) in [4.78, 5) is 26.2. The first-order chi connectivity index (χ1) is 11.5. The van der Waals surface area contributed by atoms with Crippen LogP contribution in [0.3, 0.4) is 0 Å². The number of carbonyl (C=O) groups excluding carboxylic acids is 1. The number of aliphatic carboxylic acids is 1. The number of hydrogen-bond acceptors (Lipinski definition) is 3. The second kappa shape index (κ2) is 6.89. The summed E-state index contributed by atoms with van der Waals surface area (Å²) >= 11 is 1.32. The molecule has 2 aromatic rings. The van der Waals surface area contributed by atoms with Gasteiger partial charge in [-0.3, -0.25) is 9.59 Å². The zero-order valence-electron chi connectivity index (χ0n) is 13.5. The predicted molar refractivity (Wildman–Crippen MR) is 92.1 cm³/mol. The molecule has 1 unspecified atom stereocenters. The smallest absolute Gasteiger partial charge is 0.303 e. The van der Waals surface area contributed by atoms with Crippen molar-refractivity contribution in [3.8, 4) is 0 Å². The molecule has 1 aromatic carbocycles.